The van der Waals surface area contributed by atoms with E-state index in [4.69, 9.17) is 20.9 Å². The van der Waals surface area contributed by atoms with Gasteiger partial charge in [0.15, 0.2) is 0 Å². The molecule has 17 heavy (non-hydrogen) atoms. The Kier molecular flexibility index (Phi) is 7.11. The molecule has 0 aromatic heterocycles. The van der Waals surface area contributed by atoms with Crippen LogP contribution in [0, 0.1) is 5.92 Å². The minimum Gasteiger partial charge on any atom is -0.378 e. The topological polar surface area (TPSA) is 90.8 Å². The summed E-state index contributed by atoms with van der Waals surface area (Å²) in [7, 11) is 0. The van der Waals surface area contributed by atoms with Crippen molar-refractivity contribution in [3.05, 3.63) is 0 Å². The highest BCUT2D eigenvalue weighted by molar-refractivity contribution is 5.78. The van der Waals surface area contributed by atoms with Crippen molar-refractivity contribution in [2.75, 3.05) is 52.6 Å². The number of carbonyl (C=O) groups excluding carboxylic acids is 1. The van der Waals surface area contributed by atoms with Crippen molar-refractivity contribution >= 4 is 5.91 Å². The van der Waals surface area contributed by atoms with E-state index in [1.54, 1.807) is 0 Å². The van der Waals surface area contributed by atoms with Crippen molar-refractivity contribution in [2.24, 2.45) is 17.4 Å². The lowest BCUT2D eigenvalue weighted by Crippen LogP contribution is -2.30. The minimum absolute atomic E-state index is 0.184. The Bertz CT molecular complexity index is 226. The molecular formula is C11H23N3O3. The average Bonchev–Trinajstić information content (AvgIpc) is 2.69. The van der Waals surface area contributed by atoms with Gasteiger partial charge in [0.05, 0.1) is 26.4 Å². The summed E-state index contributed by atoms with van der Waals surface area (Å²) < 4.78 is 10.5. The lowest BCUT2D eigenvalue weighted by atomic mass is 10.1. The van der Waals surface area contributed by atoms with E-state index >= 15 is 0 Å². The van der Waals surface area contributed by atoms with E-state index in [0.717, 1.165) is 6.54 Å². The number of nitrogens with two attached hydrogens (primary N) is 2. The molecule has 100 valence electrons. The van der Waals surface area contributed by atoms with Gasteiger partial charge in [-0.3, -0.25) is 4.79 Å². The van der Waals surface area contributed by atoms with Crippen LogP contribution in [-0.2, 0) is 14.3 Å². The lowest BCUT2D eigenvalue weighted by Gasteiger charge is -2.16. The van der Waals surface area contributed by atoms with Gasteiger partial charge in [0.1, 0.15) is 0 Å². The van der Waals surface area contributed by atoms with Gasteiger partial charge in [-0.25, -0.2) is 0 Å². The summed E-state index contributed by atoms with van der Waals surface area (Å²) in [5.41, 5.74) is 10.8. The zero-order valence-electron chi connectivity index (χ0n) is 10.3. The van der Waals surface area contributed by atoms with E-state index in [1.807, 2.05) is 4.90 Å². The fourth-order valence-corrected chi connectivity index (χ4v) is 1.81. The number of nitrogens with zero attached hydrogens (tertiary/aromatic N) is 1. The van der Waals surface area contributed by atoms with E-state index in [2.05, 4.69) is 0 Å². The molecule has 1 aliphatic heterocycles. The third-order valence-corrected chi connectivity index (χ3v) is 2.77. The maximum Gasteiger partial charge on any atom is 0.223 e. The highest BCUT2D eigenvalue weighted by atomic mass is 16.5. The molecule has 1 fully saturated rings. The van der Waals surface area contributed by atoms with Crippen LogP contribution in [0.5, 0.6) is 0 Å². The van der Waals surface area contributed by atoms with Crippen molar-refractivity contribution in [2.45, 2.75) is 6.42 Å². The number of carbonyl (C=O) groups is 1. The molecule has 4 N–H and O–H groups in total. The maximum atomic E-state index is 11.5. The van der Waals surface area contributed by atoms with Crippen LogP contribution in [0.3, 0.4) is 0 Å². The normalized spacial score (nSPS) is 20.2. The van der Waals surface area contributed by atoms with Gasteiger partial charge in [-0.2, -0.15) is 0 Å². The molecule has 1 unspecified atom stereocenters. The fourth-order valence-electron chi connectivity index (χ4n) is 1.81. The standard InChI is InChI=1S/C11H23N3O3/c12-1-3-16-5-6-17-4-2-14-9-10(8-13)7-11(14)15/h10H,1-9,12-13H2. The first-order valence-electron chi connectivity index (χ1n) is 6.11. The molecule has 1 rings (SSSR count). The lowest BCUT2D eigenvalue weighted by molar-refractivity contribution is -0.128. The third kappa shape index (κ3) is 5.45. The van der Waals surface area contributed by atoms with Crippen LogP contribution < -0.4 is 11.5 Å². The summed E-state index contributed by atoms with van der Waals surface area (Å²) in [6, 6.07) is 0. The molecule has 6 heteroatoms. The van der Waals surface area contributed by atoms with Gasteiger partial charge in [0.25, 0.3) is 0 Å². The van der Waals surface area contributed by atoms with Crippen molar-refractivity contribution in [3.8, 4) is 0 Å². The second-order valence-corrected chi connectivity index (χ2v) is 4.16. The van der Waals surface area contributed by atoms with Gasteiger partial charge in [0.2, 0.25) is 5.91 Å². The molecular weight excluding hydrogens is 222 g/mol. The molecule has 0 bridgehead atoms. The Hall–Kier alpha value is -0.690. The predicted octanol–water partition coefficient (Wildman–Crippen LogP) is -1.21. The summed E-state index contributed by atoms with van der Waals surface area (Å²) in [5.74, 6) is 0.499. The van der Waals surface area contributed by atoms with Gasteiger partial charge in [-0.15, -0.1) is 0 Å². The van der Waals surface area contributed by atoms with Crippen LogP contribution in [0.15, 0.2) is 0 Å². The number of ether oxygens (including phenoxy) is 2. The molecule has 0 radical (unpaired) electrons. The Balaban J connectivity index is 1.98. The van der Waals surface area contributed by atoms with Crippen LogP contribution in [0.2, 0.25) is 0 Å². The molecule has 1 saturated heterocycles. The summed E-state index contributed by atoms with van der Waals surface area (Å²) in [5, 5.41) is 0. The second-order valence-electron chi connectivity index (χ2n) is 4.16. The molecule has 1 heterocycles. The van der Waals surface area contributed by atoms with Gasteiger partial charge >= 0.3 is 0 Å². The van der Waals surface area contributed by atoms with E-state index < -0.39 is 0 Å². The van der Waals surface area contributed by atoms with Crippen molar-refractivity contribution < 1.29 is 14.3 Å². The van der Waals surface area contributed by atoms with Crippen LogP contribution >= 0.6 is 0 Å². The second kappa shape index (κ2) is 8.41. The van der Waals surface area contributed by atoms with Crippen LogP contribution in [0.25, 0.3) is 0 Å². The smallest absolute Gasteiger partial charge is 0.223 e. The van der Waals surface area contributed by atoms with Gasteiger partial charge in [-0.05, 0) is 12.5 Å². The monoisotopic (exact) mass is 245 g/mol. The SMILES string of the molecule is NCCOCCOCCN1CC(CN)CC1=O. The van der Waals surface area contributed by atoms with Crippen molar-refractivity contribution in [1.29, 1.82) is 0 Å². The highest BCUT2D eigenvalue weighted by Gasteiger charge is 2.27. The molecule has 0 aromatic rings. The van der Waals surface area contributed by atoms with Crippen LogP contribution in [0.1, 0.15) is 6.42 Å². The van der Waals surface area contributed by atoms with E-state index in [9.17, 15) is 4.79 Å². The first-order chi connectivity index (χ1) is 8.27. The summed E-state index contributed by atoms with van der Waals surface area (Å²) in [6.45, 7) is 4.73. The van der Waals surface area contributed by atoms with Gasteiger partial charge in [-0.1, -0.05) is 0 Å². The molecule has 0 spiro atoms. The Morgan fingerprint density at radius 2 is 1.88 bits per heavy atom. The van der Waals surface area contributed by atoms with E-state index in [-0.39, 0.29) is 5.91 Å². The molecule has 6 nitrogen and oxygen atoms in total. The van der Waals surface area contributed by atoms with Gasteiger partial charge in [0, 0.05) is 26.1 Å². The van der Waals surface area contributed by atoms with Crippen LogP contribution in [-0.4, -0.2) is 63.4 Å². The number of amides is 1. The number of hydrogen-bond donors (Lipinski definition) is 2. The zero-order chi connectivity index (χ0) is 12.5. The third-order valence-electron chi connectivity index (χ3n) is 2.77. The molecule has 1 aliphatic rings. The van der Waals surface area contributed by atoms with Crippen LogP contribution in [0.4, 0.5) is 0 Å². The summed E-state index contributed by atoms with van der Waals surface area (Å²) >= 11 is 0. The first-order valence-corrected chi connectivity index (χ1v) is 6.11. The number of likely N-dealkylation sites (tertiary alicyclic amines) is 1. The van der Waals surface area contributed by atoms with Crippen molar-refractivity contribution in [1.82, 2.24) is 4.90 Å². The quantitative estimate of drug-likeness (QED) is 0.497. The first kappa shape index (κ1) is 14.4. The number of hydrogen-bond acceptors (Lipinski definition) is 5. The Morgan fingerprint density at radius 1 is 1.18 bits per heavy atom. The van der Waals surface area contributed by atoms with E-state index in [1.165, 1.54) is 0 Å². The van der Waals surface area contributed by atoms with E-state index in [0.29, 0.717) is 58.4 Å². The van der Waals surface area contributed by atoms with Gasteiger partial charge < -0.3 is 25.8 Å². The summed E-state index contributed by atoms with van der Waals surface area (Å²) in [6.07, 6.45) is 0.579. The predicted molar refractivity (Wildman–Crippen MR) is 64.4 cm³/mol. The largest absolute Gasteiger partial charge is 0.378 e. The van der Waals surface area contributed by atoms with Crippen molar-refractivity contribution in [3.63, 3.8) is 0 Å². The highest BCUT2D eigenvalue weighted by Crippen LogP contribution is 2.15. The number of rotatable bonds is 9. The maximum absolute atomic E-state index is 11.5. The average molecular weight is 245 g/mol. The molecule has 0 saturated carbocycles. The molecule has 0 aromatic carbocycles. The fraction of sp³-hybridized carbons (Fsp3) is 0.909. The molecule has 0 aliphatic carbocycles. The molecule has 1 amide bonds. The zero-order valence-corrected chi connectivity index (χ0v) is 10.3. The summed E-state index contributed by atoms with van der Waals surface area (Å²) in [4.78, 5) is 13.3. The minimum atomic E-state index is 0.184. The Labute approximate surface area is 102 Å². The Morgan fingerprint density at radius 3 is 2.47 bits per heavy atom. The molecule has 1 atom stereocenters.